The number of benzene rings is 1. The number of hydrogen-bond acceptors (Lipinski definition) is 6. The molecule has 10 heteroatoms. The zero-order chi connectivity index (χ0) is 23.8. The van der Waals surface area contributed by atoms with E-state index in [1.54, 1.807) is 21.7 Å². The molecule has 0 bridgehead atoms. The van der Waals surface area contributed by atoms with E-state index in [0.717, 1.165) is 16.5 Å². The van der Waals surface area contributed by atoms with Crippen LogP contribution in [-0.4, -0.2) is 68.4 Å². The van der Waals surface area contributed by atoms with Crippen LogP contribution >= 0.6 is 11.6 Å². The summed E-state index contributed by atoms with van der Waals surface area (Å²) in [5, 5.41) is 10.7. The van der Waals surface area contributed by atoms with Gasteiger partial charge in [0.2, 0.25) is 0 Å². The standard InChI is InChI=1S/C23H26ClN5O4/c1-23(2,3)33-22(32)28-10-8-27(9-11-28)20-19-16(15-6-4-5-7-17(15)24)12-29(13-18(30)31)21(19)26-14-25-20/h4-7,12,14H,8-11,13H2,1-3H3,(H,30,31). The molecule has 0 unspecified atom stereocenters. The number of nitrogens with zero attached hydrogens (tertiary/aromatic N) is 5. The van der Waals surface area contributed by atoms with Gasteiger partial charge >= 0.3 is 12.1 Å². The van der Waals surface area contributed by atoms with Crippen molar-refractivity contribution >= 4 is 40.5 Å². The molecule has 0 aliphatic carbocycles. The molecule has 9 nitrogen and oxygen atoms in total. The first-order chi connectivity index (χ1) is 15.6. The molecule has 4 rings (SSSR count). The summed E-state index contributed by atoms with van der Waals surface area (Å²) >= 11 is 6.48. The summed E-state index contributed by atoms with van der Waals surface area (Å²) in [7, 11) is 0. The van der Waals surface area contributed by atoms with Crippen molar-refractivity contribution in [2.75, 3.05) is 31.1 Å². The largest absolute Gasteiger partial charge is 0.480 e. The summed E-state index contributed by atoms with van der Waals surface area (Å²) in [4.78, 5) is 36.6. The van der Waals surface area contributed by atoms with Gasteiger partial charge in [0.1, 0.15) is 29.9 Å². The monoisotopic (exact) mass is 471 g/mol. The highest BCUT2D eigenvalue weighted by Gasteiger charge is 2.28. The van der Waals surface area contributed by atoms with Crippen molar-refractivity contribution < 1.29 is 19.4 Å². The van der Waals surface area contributed by atoms with E-state index in [0.29, 0.717) is 42.7 Å². The number of aliphatic carboxylic acids is 1. The number of aromatic nitrogens is 3. The molecule has 3 aromatic rings. The van der Waals surface area contributed by atoms with Gasteiger partial charge in [0, 0.05) is 48.5 Å². The van der Waals surface area contributed by atoms with Crippen LogP contribution in [0.1, 0.15) is 20.8 Å². The van der Waals surface area contributed by atoms with E-state index in [1.807, 2.05) is 39.0 Å². The molecule has 0 atom stereocenters. The molecule has 0 saturated carbocycles. The Kier molecular flexibility index (Phi) is 6.16. The summed E-state index contributed by atoms with van der Waals surface area (Å²) in [5.74, 6) is -0.286. The van der Waals surface area contributed by atoms with Crippen molar-refractivity contribution in [2.45, 2.75) is 32.9 Å². The maximum atomic E-state index is 12.4. The fourth-order valence-corrected chi connectivity index (χ4v) is 4.16. The van der Waals surface area contributed by atoms with Crippen molar-refractivity contribution in [1.29, 1.82) is 0 Å². The normalized spacial score (nSPS) is 14.5. The number of carboxylic acids is 1. The van der Waals surface area contributed by atoms with Gasteiger partial charge < -0.3 is 24.2 Å². The highest BCUT2D eigenvalue weighted by Crippen LogP contribution is 2.38. The summed E-state index contributed by atoms with van der Waals surface area (Å²) in [6.45, 7) is 7.37. The third kappa shape index (κ3) is 4.88. The minimum atomic E-state index is -0.969. The van der Waals surface area contributed by atoms with Gasteiger partial charge in [-0.1, -0.05) is 29.8 Å². The molecule has 1 aliphatic heterocycles. The molecule has 3 heterocycles. The first kappa shape index (κ1) is 22.8. The Labute approximate surface area is 196 Å². The summed E-state index contributed by atoms with van der Waals surface area (Å²) < 4.78 is 7.08. The molecule has 33 heavy (non-hydrogen) atoms. The predicted molar refractivity (Wildman–Crippen MR) is 126 cm³/mol. The first-order valence-corrected chi connectivity index (χ1v) is 11.1. The molecule has 1 N–H and O–H groups in total. The second-order valence-electron chi connectivity index (χ2n) is 8.89. The Bertz CT molecular complexity index is 1200. The van der Waals surface area contributed by atoms with Crippen LogP contribution < -0.4 is 4.90 Å². The van der Waals surface area contributed by atoms with E-state index in [-0.39, 0.29) is 12.6 Å². The molecule has 1 fully saturated rings. The SMILES string of the molecule is CC(C)(C)OC(=O)N1CCN(c2ncnc3c2c(-c2ccccc2Cl)cn3CC(=O)O)CC1. The van der Waals surface area contributed by atoms with Gasteiger partial charge in [0.25, 0.3) is 0 Å². The first-order valence-electron chi connectivity index (χ1n) is 10.7. The van der Waals surface area contributed by atoms with Gasteiger partial charge in [0.15, 0.2) is 0 Å². The van der Waals surface area contributed by atoms with E-state index < -0.39 is 11.6 Å². The van der Waals surface area contributed by atoms with Crippen LogP contribution in [0.4, 0.5) is 10.6 Å². The lowest BCUT2D eigenvalue weighted by Crippen LogP contribution is -2.50. The van der Waals surface area contributed by atoms with E-state index in [4.69, 9.17) is 16.3 Å². The Balaban J connectivity index is 1.71. The number of ether oxygens (including phenoxy) is 1. The maximum absolute atomic E-state index is 12.4. The Morgan fingerprint density at radius 1 is 1.09 bits per heavy atom. The Hall–Kier alpha value is -3.33. The minimum absolute atomic E-state index is 0.232. The summed E-state index contributed by atoms with van der Waals surface area (Å²) in [6.07, 6.45) is 2.86. The van der Waals surface area contributed by atoms with Gasteiger partial charge in [-0.15, -0.1) is 0 Å². The van der Waals surface area contributed by atoms with Crippen LogP contribution in [0.2, 0.25) is 5.02 Å². The fraction of sp³-hybridized carbons (Fsp3) is 0.391. The molecule has 1 amide bonds. The van der Waals surface area contributed by atoms with Crippen LogP contribution in [0, 0.1) is 0 Å². The van der Waals surface area contributed by atoms with E-state index >= 15 is 0 Å². The quantitative estimate of drug-likeness (QED) is 0.615. The summed E-state index contributed by atoms with van der Waals surface area (Å²) in [5.41, 5.74) is 1.51. The van der Waals surface area contributed by atoms with Crippen molar-refractivity contribution in [2.24, 2.45) is 0 Å². The lowest BCUT2D eigenvalue weighted by molar-refractivity contribution is -0.137. The van der Waals surface area contributed by atoms with Crippen LogP contribution in [0.15, 0.2) is 36.8 Å². The van der Waals surface area contributed by atoms with Crippen LogP contribution in [0.5, 0.6) is 0 Å². The van der Waals surface area contributed by atoms with Crippen LogP contribution in [0.25, 0.3) is 22.2 Å². The minimum Gasteiger partial charge on any atom is -0.480 e. The van der Waals surface area contributed by atoms with E-state index in [9.17, 15) is 14.7 Å². The molecule has 1 saturated heterocycles. The number of piperazine rings is 1. The van der Waals surface area contributed by atoms with Gasteiger partial charge in [-0.25, -0.2) is 14.8 Å². The highest BCUT2D eigenvalue weighted by molar-refractivity contribution is 6.33. The zero-order valence-corrected chi connectivity index (χ0v) is 19.5. The average molecular weight is 472 g/mol. The van der Waals surface area contributed by atoms with Gasteiger partial charge in [-0.05, 0) is 26.8 Å². The number of amides is 1. The van der Waals surface area contributed by atoms with Crippen molar-refractivity contribution in [3.8, 4) is 11.1 Å². The second-order valence-corrected chi connectivity index (χ2v) is 9.30. The smallest absolute Gasteiger partial charge is 0.410 e. The number of halogens is 1. The fourth-order valence-electron chi connectivity index (χ4n) is 3.92. The van der Waals surface area contributed by atoms with Crippen molar-refractivity contribution in [3.63, 3.8) is 0 Å². The lowest BCUT2D eigenvalue weighted by Gasteiger charge is -2.36. The molecular formula is C23H26ClN5O4. The molecule has 174 valence electrons. The molecule has 1 aliphatic rings. The third-order valence-electron chi connectivity index (χ3n) is 5.33. The second kappa shape index (κ2) is 8.90. The number of fused-ring (bicyclic) bond motifs is 1. The van der Waals surface area contributed by atoms with Gasteiger partial charge in [0.05, 0.1) is 5.39 Å². The molecule has 2 aromatic heterocycles. The predicted octanol–water partition coefficient (Wildman–Crippen LogP) is 3.89. The van der Waals surface area contributed by atoms with Gasteiger partial charge in [-0.2, -0.15) is 0 Å². The average Bonchev–Trinajstić information content (AvgIpc) is 3.11. The highest BCUT2D eigenvalue weighted by atomic mass is 35.5. The van der Waals surface area contributed by atoms with Crippen LogP contribution in [0.3, 0.4) is 0 Å². The third-order valence-corrected chi connectivity index (χ3v) is 5.66. The van der Waals surface area contributed by atoms with Gasteiger partial charge in [-0.3, -0.25) is 4.79 Å². The maximum Gasteiger partial charge on any atom is 0.410 e. The number of hydrogen-bond donors (Lipinski definition) is 1. The number of carbonyl (C=O) groups excluding carboxylic acids is 1. The molecule has 0 radical (unpaired) electrons. The summed E-state index contributed by atoms with van der Waals surface area (Å²) in [6, 6.07) is 7.40. The molecule has 1 aromatic carbocycles. The number of carbonyl (C=O) groups is 2. The topological polar surface area (TPSA) is 101 Å². The van der Waals surface area contributed by atoms with Crippen LogP contribution in [-0.2, 0) is 16.1 Å². The number of anilines is 1. The number of carboxylic acid groups (broad SMARTS) is 1. The lowest BCUT2D eigenvalue weighted by atomic mass is 10.1. The Morgan fingerprint density at radius 3 is 2.42 bits per heavy atom. The number of rotatable bonds is 4. The Morgan fingerprint density at radius 2 is 1.79 bits per heavy atom. The van der Waals surface area contributed by atoms with E-state index in [2.05, 4.69) is 14.9 Å². The van der Waals surface area contributed by atoms with Crippen molar-refractivity contribution in [3.05, 3.63) is 41.8 Å². The van der Waals surface area contributed by atoms with Crippen molar-refractivity contribution in [1.82, 2.24) is 19.4 Å². The van der Waals surface area contributed by atoms with E-state index in [1.165, 1.54) is 6.33 Å². The molecular weight excluding hydrogens is 446 g/mol. The molecule has 0 spiro atoms. The zero-order valence-electron chi connectivity index (χ0n) is 18.8.